The normalized spacial score (nSPS) is 14.8. The molecule has 1 saturated heterocycles. The largest absolute Gasteiger partial charge is 0.465 e. The lowest BCUT2D eigenvalue weighted by atomic mass is 10.0. The summed E-state index contributed by atoms with van der Waals surface area (Å²) in [5.41, 5.74) is 6.16. The van der Waals surface area contributed by atoms with Gasteiger partial charge in [-0.3, -0.25) is 4.79 Å². The molecule has 2 amide bonds. The first-order chi connectivity index (χ1) is 19.0. The first-order valence-corrected chi connectivity index (χ1v) is 12.9. The molecule has 0 aromatic heterocycles. The van der Waals surface area contributed by atoms with E-state index in [2.05, 4.69) is 10.2 Å². The minimum absolute atomic E-state index is 0.208. The summed E-state index contributed by atoms with van der Waals surface area (Å²) in [5, 5.41) is 12.5. The molecule has 8 heteroatoms. The number of carbonyl (C=O) groups is 2. The second-order valence-corrected chi connectivity index (χ2v) is 9.73. The van der Waals surface area contributed by atoms with Gasteiger partial charge >= 0.3 is 6.09 Å². The van der Waals surface area contributed by atoms with Crippen LogP contribution < -0.4 is 15.1 Å². The highest BCUT2D eigenvalue weighted by atomic mass is 19.1. The molecule has 196 valence electrons. The Hall–Kier alpha value is -4.85. The molecule has 0 unspecified atom stereocenters. The maximum Gasteiger partial charge on any atom is 0.407 e. The van der Waals surface area contributed by atoms with Crippen molar-refractivity contribution in [2.24, 2.45) is 0 Å². The molecule has 2 aliphatic rings. The molecule has 0 radical (unpaired) electrons. The zero-order valence-corrected chi connectivity index (χ0v) is 21.2. The van der Waals surface area contributed by atoms with Crippen LogP contribution in [0.1, 0.15) is 15.9 Å². The van der Waals surface area contributed by atoms with Crippen molar-refractivity contribution in [2.45, 2.75) is 6.54 Å². The fourth-order valence-corrected chi connectivity index (χ4v) is 5.19. The van der Waals surface area contributed by atoms with Gasteiger partial charge in [0.2, 0.25) is 0 Å². The zero-order chi connectivity index (χ0) is 26.9. The number of benzene rings is 4. The molecule has 4 aromatic carbocycles. The topological polar surface area (TPSA) is 76.1 Å². The van der Waals surface area contributed by atoms with Gasteiger partial charge in [0.25, 0.3) is 5.91 Å². The van der Waals surface area contributed by atoms with E-state index in [9.17, 15) is 19.1 Å². The van der Waals surface area contributed by atoms with Gasteiger partial charge in [0.15, 0.2) is 0 Å². The number of carbonyl (C=O) groups excluding carboxylic acids is 1. The van der Waals surface area contributed by atoms with Gasteiger partial charge in [-0.25, -0.2) is 9.18 Å². The maximum atomic E-state index is 14.3. The average Bonchev–Trinajstić information content (AvgIpc) is 3.07. The number of amides is 2. The Labute approximate surface area is 225 Å². The third-order valence-corrected chi connectivity index (χ3v) is 7.31. The molecule has 2 N–H and O–H groups in total. The predicted octanol–water partition coefficient (Wildman–Crippen LogP) is 6.20. The molecule has 0 saturated carbocycles. The minimum atomic E-state index is -0.882. The summed E-state index contributed by atoms with van der Waals surface area (Å²) in [6.07, 6.45) is -0.882. The molecule has 0 spiro atoms. The Balaban J connectivity index is 1.30. The van der Waals surface area contributed by atoms with Gasteiger partial charge in [-0.1, -0.05) is 48.5 Å². The van der Waals surface area contributed by atoms with Crippen LogP contribution in [0.5, 0.6) is 0 Å². The van der Waals surface area contributed by atoms with E-state index in [1.54, 1.807) is 11.0 Å². The summed E-state index contributed by atoms with van der Waals surface area (Å²) in [7, 11) is 0. The van der Waals surface area contributed by atoms with Crippen LogP contribution in [-0.4, -0.2) is 48.2 Å². The smallest absolute Gasteiger partial charge is 0.407 e. The molecule has 2 heterocycles. The number of fused-ring (bicyclic) bond motifs is 2. The van der Waals surface area contributed by atoms with Gasteiger partial charge in [-0.15, -0.1) is 0 Å². The van der Waals surface area contributed by atoms with E-state index in [-0.39, 0.29) is 5.91 Å². The van der Waals surface area contributed by atoms with Crippen LogP contribution in [0.25, 0.3) is 11.1 Å². The number of anilines is 4. The molecule has 6 rings (SSSR count). The van der Waals surface area contributed by atoms with Gasteiger partial charge in [0.1, 0.15) is 5.82 Å². The summed E-state index contributed by atoms with van der Waals surface area (Å²) >= 11 is 0. The summed E-state index contributed by atoms with van der Waals surface area (Å²) in [4.78, 5) is 30.4. The van der Waals surface area contributed by atoms with Crippen molar-refractivity contribution >= 4 is 34.7 Å². The van der Waals surface area contributed by atoms with E-state index in [0.29, 0.717) is 55.3 Å². The van der Waals surface area contributed by atoms with Gasteiger partial charge < -0.3 is 25.1 Å². The lowest BCUT2D eigenvalue weighted by Gasteiger charge is -2.34. The van der Waals surface area contributed by atoms with Crippen molar-refractivity contribution < 1.29 is 19.1 Å². The lowest BCUT2D eigenvalue weighted by Crippen LogP contribution is -2.48. The van der Waals surface area contributed by atoms with Crippen molar-refractivity contribution in [3.8, 4) is 11.1 Å². The van der Waals surface area contributed by atoms with E-state index in [1.807, 2.05) is 72.8 Å². The monoisotopic (exact) mass is 522 g/mol. The van der Waals surface area contributed by atoms with Gasteiger partial charge in [-0.2, -0.15) is 0 Å². The second kappa shape index (κ2) is 10.1. The number of piperazine rings is 1. The molecule has 4 aromatic rings. The highest BCUT2D eigenvalue weighted by molar-refractivity contribution is 6.14. The summed E-state index contributed by atoms with van der Waals surface area (Å²) in [6.45, 7) is 2.54. The molecular weight excluding hydrogens is 495 g/mol. The number of nitrogens with one attached hydrogen (secondary N) is 1. The first kappa shape index (κ1) is 24.5. The van der Waals surface area contributed by atoms with E-state index in [4.69, 9.17) is 0 Å². The number of hydrogen-bond donors (Lipinski definition) is 2. The third-order valence-electron chi connectivity index (χ3n) is 7.31. The average molecular weight is 523 g/mol. The third kappa shape index (κ3) is 4.88. The quantitative estimate of drug-likeness (QED) is 0.334. The number of halogens is 1. The molecule has 0 bridgehead atoms. The molecule has 2 aliphatic heterocycles. The SMILES string of the molecule is O=C(O)N1CCN(c2ccc(-c3ccc4c(c3)C(=O)N(Cc3ccccc3)c3cc(F)ccc3N4)cc2)CC1. The van der Waals surface area contributed by atoms with E-state index in [1.165, 1.54) is 17.0 Å². The molecule has 39 heavy (non-hydrogen) atoms. The van der Waals surface area contributed by atoms with Crippen LogP contribution in [0.4, 0.5) is 31.9 Å². The minimum Gasteiger partial charge on any atom is -0.465 e. The standard InChI is InChI=1S/C31H27FN4O3/c32-24-9-13-28-29(19-24)36(20-21-4-2-1-3-5-21)30(37)26-18-23(8-12-27(26)33-28)22-6-10-25(11-7-22)34-14-16-35(17-15-34)31(38)39/h1-13,18-19,33H,14-17,20H2,(H,38,39). The number of rotatable bonds is 4. The Morgan fingerprint density at radius 1 is 0.821 bits per heavy atom. The van der Waals surface area contributed by atoms with Crippen LogP contribution in [0.2, 0.25) is 0 Å². The predicted molar refractivity (Wildman–Crippen MR) is 150 cm³/mol. The van der Waals surface area contributed by atoms with Crippen molar-refractivity contribution in [1.29, 1.82) is 0 Å². The Morgan fingerprint density at radius 3 is 2.23 bits per heavy atom. The van der Waals surface area contributed by atoms with Crippen molar-refractivity contribution in [2.75, 3.05) is 41.3 Å². The summed E-state index contributed by atoms with van der Waals surface area (Å²) in [5.74, 6) is -0.613. The van der Waals surface area contributed by atoms with Gasteiger partial charge in [-0.05, 0) is 59.2 Å². The summed E-state index contributed by atoms with van der Waals surface area (Å²) < 4.78 is 14.3. The molecule has 7 nitrogen and oxygen atoms in total. The molecule has 0 atom stereocenters. The number of nitrogens with zero attached hydrogens (tertiary/aromatic N) is 3. The van der Waals surface area contributed by atoms with E-state index in [0.717, 1.165) is 22.4 Å². The van der Waals surface area contributed by atoms with E-state index >= 15 is 0 Å². The van der Waals surface area contributed by atoms with Crippen LogP contribution in [0, 0.1) is 5.82 Å². The Kier molecular flexibility index (Phi) is 6.36. The molecular formula is C31H27FN4O3. The highest BCUT2D eigenvalue weighted by Crippen LogP contribution is 2.38. The molecule has 1 fully saturated rings. The lowest BCUT2D eigenvalue weighted by molar-refractivity contribution is 0.0986. The molecule has 0 aliphatic carbocycles. The van der Waals surface area contributed by atoms with Gasteiger partial charge in [0.05, 0.1) is 29.2 Å². The van der Waals surface area contributed by atoms with Crippen LogP contribution in [-0.2, 0) is 6.54 Å². The van der Waals surface area contributed by atoms with Crippen molar-refractivity contribution in [3.05, 3.63) is 108 Å². The van der Waals surface area contributed by atoms with Crippen LogP contribution in [0.3, 0.4) is 0 Å². The van der Waals surface area contributed by atoms with Crippen molar-refractivity contribution in [1.82, 2.24) is 4.90 Å². The number of hydrogen-bond acceptors (Lipinski definition) is 4. The number of carboxylic acid groups (broad SMARTS) is 1. The van der Waals surface area contributed by atoms with Crippen molar-refractivity contribution in [3.63, 3.8) is 0 Å². The Morgan fingerprint density at radius 2 is 1.51 bits per heavy atom. The fourth-order valence-electron chi connectivity index (χ4n) is 5.19. The van der Waals surface area contributed by atoms with Crippen LogP contribution in [0.15, 0.2) is 91.0 Å². The maximum absolute atomic E-state index is 14.3. The fraction of sp³-hybridized carbons (Fsp3) is 0.161. The van der Waals surface area contributed by atoms with Crippen LogP contribution >= 0.6 is 0 Å². The van der Waals surface area contributed by atoms with Gasteiger partial charge in [0, 0.05) is 31.9 Å². The zero-order valence-electron chi connectivity index (χ0n) is 21.2. The first-order valence-electron chi connectivity index (χ1n) is 12.9. The second-order valence-electron chi connectivity index (χ2n) is 9.73. The van der Waals surface area contributed by atoms with E-state index < -0.39 is 11.9 Å². The highest BCUT2D eigenvalue weighted by Gasteiger charge is 2.28. The Bertz CT molecular complexity index is 1530. The summed E-state index contributed by atoms with van der Waals surface area (Å²) in [6, 6.07) is 27.9.